The summed E-state index contributed by atoms with van der Waals surface area (Å²) in [4.78, 5) is 22.5. The lowest BCUT2D eigenvalue weighted by molar-refractivity contribution is 0.179. The van der Waals surface area contributed by atoms with Gasteiger partial charge in [0.2, 0.25) is 0 Å². The van der Waals surface area contributed by atoms with Gasteiger partial charge in [-0.05, 0) is 50.9 Å². The summed E-state index contributed by atoms with van der Waals surface area (Å²) in [5.41, 5.74) is 2.03. The van der Waals surface area contributed by atoms with Crippen molar-refractivity contribution in [2.75, 3.05) is 0 Å². The Hall–Kier alpha value is -1.65. The Labute approximate surface area is 149 Å². The summed E-state index contributed by atoms with van der Waals surface area (Å²) in [6.07, 6.45) is 12.7. The van der Waals surface area contributed by atoms with Crippen LogP contribution >= 0.6 is 0 Å². The standard InChI is InChI=1S/C20H29N3O2/c1-2-12-23-19(24)16-13-17(14-8-4-3-5-9-14)21-18(16)22-20(23)25-15-10-6-7-11-15/h14-15H,2-13H2,1H3. The molecule has 1 aliphatic heterocycles. The SMILES string of the molecule is CCCn1c(OC2CCCC2)nc2c(c1=O)CC(C1CCCCC1)=N2. The number of rotatable bonds is 5. The van der Waals surface area contributed by atoms with E-state index in [2.05, 4.69) is 6.92 Å². The zero-order valence-electron chi connectivity index (χ0n) is 15.3. The molecule has 3 aliphatic rings. The third-order valence-corrected chi connectivity index (χ3v) is 5.91. The molecule has 0 bridgehead atoms. The number of aliphatic imine (C=N–C) groups is 1. The first kappa shape index (κ1) is 16.8. The lowest BCUT2D eigenvalue weighted by atomic mass is 9.84. The van der Waals surface area contributed by atoms with Crippen molar-refractivity contribution in [2.45, 2.75) is 90.2 Å². The minimum Gasteiger partial charge on any atom is -0.461 e. The maximum absolute atomic E-state index is 13.0. The summed E-state index contributed by atoms with van der Waals surface area (Å²) in [6.45, 7) is 2.75. The largest absolute Gasteiger partial charge is 0.461 e. The summed E-state index contributed by atoms with van der Waals surface area (Å²) in [6, 6.07) is 0.492. The highest BCUT2D eigenvalue weighted by molar-refractivity contribution is 5.94. The van der Waals surface area contributed by atoms with Crippen LogP contribution < -0.4 is 10.3 Å². The molecular weight excluding hydrogens is 314 g/mol. The predicted molar refractivity (Wildman–Crippen MR) is 99.0 cm³/mol. The Morgan fingerprint density at radius 2 is 1.80 bits per heavy atom. The van der Waals surface area contributed by atoms with E-state index in [-0.39, 0.29) is 11.7 Å². The fourth-order valence-electron chi connectivity index (χ4n) is 4.51. The minimum absolute atomic E-state index is 0.0643. The van der Waals surface area contributed by atoms with E-state index in [1.165, 1.54) is 50.7 Å². The summed E-state index contributed by atoms with van der Waals surface area (Å²) < 4.78 is 7.87. The molecule has 0 amide bonds. The molecule has 5 nitrogen and oxygen atoms in total. The van der Waals surface area contributed by atoms with E-state index < -0.39 is 0 Å². The second-order valence-corrected chi connectivity index (χ2v) is 7.79. The molecule has 0 N–H and O–H groups in total. The molecule has 0 spiro atoms. The van der Waals surface area contributed by atoms with Crippen molar-refractivity contribution in [1.82, 2.24) is 9.55 Å². The third-order valence-electron chi connectivity index (χ3n) is 5.91. The monoisotopic (exact) mass is 343 g/mol. The first-order valence-corrected chi connectivity index (χ1v) is 10.1. The van der Waals surface area contributed by atoms with Gasteiger partial charge in [0.15, 0.2) is 5.82 Å². The van der Waals surface area contributed by atoms with E-state index in [4.69, 9.17) is 14.7 Å². The normalized spacial score (nSPS) is 21.4. The maximum Gasteiger partial charge on any atom is 0.301 e. The first-order chi connectivity index (χ1) is 12.3. The summed E-state index contributed by atoms with van der Waals surface area (Å²) in [7, 11) is 0. The van der Waals surface area contributed by atoms with Gasteiger partial charge in [-0.25, -0.2) is 4.99 Å². The maximum atomic E-state index is 13.0. The summed E-state index contributed by atoms with van der Waals surface area (Å²) >= 11 is 0. The molecule has 0 radical (unpaired) electrons. The molecule has 2 fully saturated rings. The number of nitrogens with zero attached hydrogens (tertiary/aromatic N) is 3. The highest BCUT2D eigenvalue weighted by Gasteiger charge is 2.29. The van der Waals surface area contributed by atoms with Gasteiger partial charge in [0.1, 0.15) is 6.10 Å². The van der Waals surface area contributed by atoms with Crippen molar-refractivity contribution in [3.63, 3.8) is 0 Å². The van der Waals surface area contributed by atoms with Crippen LogP contribution in [0.4, 0.5) is 5.82 Å². The topological polar surface area (TPSA) is 56.5 Å². The van der Waals surface area contributed by atoms with Gasteiger partial charge >= 0.3 is 6.01 Å². The van der Waals surface area contributed by atoms with Gasteiger partial charge in [-0.15, -0.1) is 0 Å². The van der Waals surface area contributed by atoms with Crippen LogP contribution in [0.3, 0.4) is 0 Å². The van der Waals surface area contributed by atoms with Gasteiger partial charge < -0.3 is 4.74 Å². The van der Waals surface area contributed by atoms with Crippen molar-refractivity contribution in [1.29, 1.82) is 0 Å². The zero-order chi connectivity index (χ0) is 17.2. The quantitative estimate of drug-likeness (QED) is 0.806. The molecule has 0 aromatic carbocycles. The molecule has 4 rings (SSSR count). The smallest absolute Gasteiger partial charge is 0.301 e. The molecule has 2 heterocycles. The van der Waals surface area contributed by atoms with Crippen LogP contribution in [0.5, 0.6) is 6.01 Å². The van der Waals surface area contributed by atoms with Crippen LogP contribution in [0.25, 0.3) is 0 Å². The van der Waals surface area contributed by atoms with Crippen LogP contribution in [-0.2, 0) is 13.0 Å². The molecule has 5 heteroatoms. The minimum atomic E-state index is 0.0643. The Morgan fingerprint density at radius 1 is 1.08 bits per heavy atom. The molecule has 0 unspecified atom stereocenters. The van der Waals surface area contributed by atoms with Gasteiger partial charge in [0.25, 0.3) is 5.56 Å². The number of fused-ring (bicyclic) bond motifs is 1. The molecule has 2 aliphatic carbocycles. The van der Waals surface area contributed by atoms with Crippen molar-refractivity contribution >= 4 is 11.5 Å². The van der Waals surface area contributed by atoms with Crippen molar-refractivity contribution in [3.05, 3.63) is 15.9 Å². The summed E-state index contributed by atoms with van der Waals surface area (Å²) in [5.74, 6) is 1.17. The Kier molecular flexibility index (Phi) is 4.91. The zero-order valence-corrected chi connectivity index (χ0v) is 15.3. The molecular formula is C20H29N3O2. The molecule has 136 valence electrons. The van der Waals surface area contributed by atoms with E-state index in [9.17, 15) is 4.79 Å². The Morgan fingerprint density at radius 3 is 2.52 bits per heavy atom. The average molecular weight is 343 g/mol. The second-order valence-electron chi connectivity index (χ2n) is 7.79. The third kappa shape index (κ3) is 3.38. The highest BCUT2D eigenvalue weighted by atomic mass is 16.5. The van der Waals surface area contributed by atoms with Crippen LogP contribution in [0, 0.1) is 5.92 Å². The van der Waals surface area contributed by atoms with Gasteiger partial charge in [-0.2, -0.15) is 4.98 Å². The van der Waals surface area contributed by atoms with E-state index in [0.29, 0.717) is 30.7 Å². The van der Waals surface area contributed by atoms with Crippen molar-refractivity contribution in [3.8, 4) is 6.01 Å². The lowest BCUT2D eigenvalue weighted by Gasteiger charge is -2.21. The van der Waals surface area contributed by atoms with E-state index >= 15 is 0 Å². The fraction of sp³-hybridized carbons (Fsp3) is 0.750. The molecule has 1 aromatic heterocycles. The van der Waals surface area contributed by atoms with Crippen LogP contribution in [0.15, 0.2) is 9.79 Å². The first-order valence-electron chi connectivity index (χ1n) is 10.1. The molecule has 0 atom stereocenters. The number of hydrogen-bond acceptors (Lipinski definition) is 4. The highest BCUT2D eigenvalue weighted by Crippen LogP contribution is 2.33. The van der Waals surface area contributed by atoms with Crippen LogP contribution in [0.1, 0.15) is 76.7 Å². The van der Waals surface area contributed by atoms with Crippen LogP contribution in [-0.4, -0.2) is 21.4 Å². The molecule has 2 saturated carbocycles. The Bertz CT molecular complexity index is 710. The van der Waals surface area contributed by atoms with E-state index in [1.807, 2.05) is 0 Å². The second kappa shape index (κ2) is 7.30. The van der Waals surface area contributed by atoms with Gasteiger partial charge in [0.05, 0.1) is 5.56 Å². The number of ether oxygens (including phenoxy) is 1. The van der Waals surface area contributed by atoms with Gasteiger partial charge in [-0.3, -0.25) is 9.36 Å². The molecule has 25 heavy (non-hydrogen) atoms. The van der Waals surface area contributed by atoms with Gasteiger partial charge in [0, 0.05) is 18.7 Å². The average Bonchev–Trinajstić information content (AvgIpc) is 3.29. The molecule has 1 aromatic rings. The van der Waals surface area contributed by atoms with Gasteiger partial charge in [-0.1, -0.05) is 26.2 Å². The predicted octanol–water partition coefficient (Wildman–Crippen LogP) is 4.18. The fourth-order valence-corrected chi connectivity index (χ4v) is 4.51. The van der Waals surface area contributed by atoms with E-state index in [1.54, 1.807) is 4.57 Å². The van der Waals surface area contributed by atoms with Crippen molar-refractivity contribution in [2.24, 2.45) is 10.9 Å². The Balaban J connectivity index is 1.64. The van der Waals surface area contributed by atoms with Crippen molar-refractivity contribution < 1.29 is 4.74 Å². The molecule has 0 saturated heterocycles. The number of hydrogen-bond donors (Lipinski definition) is 0. The van der Waals surface area contributed by atoms with E-state index in [0.717, 1.165) is 24.8 Å². The van der Waals surface area contributed by atoms with Crippen LogP contribution in [0.2, 0.25) is 0 Å². The summed E-state index contributed by atoms with van der Waals surface area (Å²) in [5, 5.41) is 0. The number of aromatic nitrogens is 2. The lowest BCUT2D eigenvalue weighted by Crippen LogP contribution is -2.29.